The minimum atomic E-state index is -0.307. The van der Waals surface area contributed by atoms with E-state index in [9.17, 15) is 9.18 Å². The van der Waals surface area contributed by atoms with E-state index in [0.717, 1.165) is 26.4 Å². The molecule has 0 aliphatic rings. The van der Waals surface area contributed by atoms with E-state index in [2.05, 4.69) is 4.98 Å². The third kappa shape index (κ3) is 2.84. The molecule has 0 spiro atoms. The Bertz CT molecular complexity index is 1160. The van der Waals surface area contributed by atoms with Gasteiger partial charge in [-0.25, -0.2) is 9.37 Å². The maximum absolute atomic E-state index is 13.5. The number of hydrogen-bond donors (Lipinski definition) is 0. The number of rotatable bonds is 3. The van der Waals surface area contributed by atoms with Crippen LogP contribution < -0.4 is 5.56 Å². The molecule has 0 saturated carbocycles. The Balaban J connectivity index is 1.94. The lowest BCUT2D eigenvalue weighted by atomic mass is 10.0. The summed E-state index contributed by atoms with van der Waals surface area (Å²) in [5, 5.41) is 0.640. The highest BCUT2D eigenvalue weighted by Crippen LogP contribution is 2.35. The van der Waals surface area contributed by atoms with Gasteiger partial charge in [-0.1, -0.05) is 42.5 Å². The minimum absolute atomic E-state index is 0.0834. The van der Waals surface area contributed by atoms with E-state index in [0.29, 0.717) is 17.8 Å². The monoisotopic (exact) mass is 364 g/mol. The van der Waals surface area contributed by atoms with Crippen molar-refractivity contribution in [2.45, 2.75) is 20.4 Å². The first-order valence-corrected chi connectivity index (χ1v) is 9.16. The average molecular weight is 364 g/mol. The number of benzene rings is 2. The number of halogens is 1. The SMILES string of the molecule is Cc1sc2nc(C)n(Cc3cccc(F)c3)c(=O)c2c1-c1ccccc1. The Hall–Kier alpha value is -2.79. The second-order valence-electron chi connectivity index (χ2n) is 6.26. The Morgan fingerprint density at radius 3 is 2.58 bits per heavy atom. The molecule has 2 aromatic heterocycles. The molecule has 0 N–H and O–H groups in total. The highest BCUT2D eigenvalue weighted by atomic mass is 32.1. The van der Waals surface area contributed by atoms with Gasteiger partial charge in [0.2, 0.25) is 0 Å². The zero-order chi connectivity index (χ0) is 18.3. The summed E-state index contributed by atoms with van der Waals surface area (Å²) in [6, 6.07) is 16.2. The van der Waals surface area contributed by atoms with Gasteiger partial charge in [0.1, 0.15) is 16.5 Å². The van der Waals surface area contributed by atoms with Crippen LogP contribution >= 0.6 is 11.3 Å². The molecule has 0 atom stereocenters. The normalized spacial score (nSPS) is 11.2. The van der Waals surface area contributed by atoms with Crippen molar-refractivity contribution in [3.63, 3.8) is 0 Å². The van der Waals surface area contributed by atoms with Gasteiger partial charge < -0.3 is 0 Å². The standard InChI is InChI=1S/C21H17FN2OS/c1-13-18(16-8-4-3-5-9-16)19-20(26-13)23-14(2)24(21(19)25)12-15-7-6-10-17(22)11-15/h3-11H,12H2,1-2H3. The number of nitrogens with zero attached hydrogens (tertiary/aromatic N) is 2. The molecule has 4 rings (SSSR count). The number of thiophene rings is 1. The van der Waals surface area contributed by atoms with Crippen LogP contribution in [0.15, 0.2) is 59.4 Å². The van der Waals surface area contributed by atoms with Crippen molar-refractivity contribution in [2.24, 2.45) is 0 Å². The first-order valence-electron chi connectivity index (χ1n) is 8.35. The van der Waals surface area contributed by atoms with Gasteiger partial charge in [0, 0.05) is 10.4 Å². The Labute approximate surface area is 154 Å². The molecule has 0 radical (unpaired) electrons. The van der Waals surface area contributed by atoms with Crippen molar-refractivity contribution >= 4 is 21.6 Å². The second kappa shape index (κ2) is 6.50. The molecule has 0 bridgehead atoms. The summed E-state index contributed by atoms with van der Waals surface area (Å²) in [5.41, 5.74) is 2.61. The molecule has 130 valence electrons. The topological polar surface area (TPSA) is 34.9 Å². The average Bonchev–Trinajstić information content (AvgIpc) is 2.95. The molecule has 2 aromatic carbocycles. The van der Waals surface area contributed by atoms with Crippen LogP contribution in [0.25, 0.3) is 21.3 Å². The van der Waals surface area contributed by atoms with Crippen molar-refractivity contribution in [2.75, 3.05) is 0 Å². The molecule has 0 aliphatic heterocycles. The molecule has 0 amide bonds. The third-order valence-electron chi connectivity index (χ3n) is 4.47. The maximum atomic E-state index is 13.5. The van der Waals surface area contributed by atoms with E-state index in [1.165, 1.54) is 23.5 Å². The molecule has 26 heavy (non-hydrogen) atoms. The summed E-state index contributed by atoms with van der Waals surface area (Å²) in [7, 11) is 0. The molecule has 4 aromatic rings. The van der Waals surface area contributed by atoms with Crippen LogP contribution in [0.4, 0.5) is 4.39 Å². The van der Waals surface area contributed by atoms with Gasteiger partial charge in [-0.3, -0.25) is 9.36 Å². The quantitative estimate of drug-likeness (QED) is 0.517. The summed E-state index contributed by atoms with van der Waals surface area (Å²) in [4.78, 5) is 19.7. The summed E-state index contributed by atoms with van der Waals surface area (Å²) in [6.07, 6.45) is 0. The number of aromatic nitrogens is 2. The largest absolute Gasteiger partial charge is 0.292 e. The van der Waals surface area contributed by atoms with E-state index in [4.69, 9.17) is 0 Å². The van der Waals surface area contributed by atoms with E-state index < -0.39 is 0 Å². The van der Waals surface area contributed by atoms with Crippen molar-refractivity contribution in [1.82, 2.24) is 9.55 Å². The van der Waals surface area contributed by atoms with Gasteiger partial charge in [-0.2, -0.15) is 0 Å². The van der Waals surface area contributed by atoms with Crippen LogP contribution in [0, 0.1) is 19.7 Å². The Morgan fingerprint density at radius 2 is 1.85 bits per heavy atom. The maximum Gasteiger partial charge on any atom is 0.263 e. The van der Waals surface area contributed by atoms with Gasteiger partial charge >= 0.3 is 0 Å². The molecular weight excluding hydrogens is 347 g/mol. The van der Waals surface area contributed by atoms with Crippen LogP contribution in [0.1, 0.15) is 16.3 Å². The zero-order valence-corrected chi connectivity index (χ0v) is 15.3. The zero-order valence-electron chi connectivity index (χ0n) is 14.5. The molecule has 0 unspecified atom stereocenters. The van der Waals surface area contributed by atoms with E-state index in [1.807, 2.05) is 50.2 Å². The molecule has 0 fully saturated rings. The number of fused-ring (bicyclic) bond motifs is 1. The van der Waals surface area contributed by atoms with Crippen LogP contribution in [-0.4, -0.2) is 9.55 Å². The molecule has 3 nitrogen and oxygen atoms in total. The van der Waals surface area contributed by atoms with Gasteiger partial charge in [0.15, 0.2) is 0 Å². The lowest BCUT2D eigenvalue weighted by molar-refractivity contribution is 0.621. The number of hydrogen-bond acceptors (Lipinski definition) is 3. The van der Waals surface area contributed by atoms with E-state index in [1.54, 1.807) is 10.6 Å². The van der Waals surface area contributed by atoms with Gasteiger partial charge in [0.05, 0.1) is 11.9 Å². The van der Waals surface area contributed by atoms with Crippen molar-refractivity contribution < 1.29 is 4.39 Å². The fraction of sp³-hybridized carbons (Fsp3) is 0.143. The fourth-order valence-electron chi connectivity index (χ4n) is 3.25. The van der Waals surface area contributed by atoms with Crippen molar-refractivity contribution in [3.8, 4) is 11.1 Å². The molecule has 0 aliphatic carbocycles. The first-order chi connectivity index (χ1) is 12.5. The van der Waals surface area contributed by atoms with Crippen LogP contribution in [0.2, 0.25) is 0 Å². The molecule has 2 heterocycles. The highest BCUT2D eigenvalue weighted by Gasteiger charge is 2.18. The molecular formula is C21H17FN2OS. The lowest BCUT2D eigenvalue weighted by Gasteiger charge is -2.10. The lowest BCUT2D eigenvalue weighted by Crippen LogP contribution is -2.24. The van der Waals surface area contributed by atoms with Crippen molar-refractivity contribution in [3.05, 3.63) is 87.0 Å². The van der Waals surface area contributed by atoms with Gasteiger partial charge in [-0.15, -0.1) is 11.3 Å². The first kappa shape index (κ1) is 16.7. The predicted molar refractivity (Wildman–Crippen MR) is 104 cm³/mol. The van der Waals surface area contributed by atoms with Crippen LogP contribution in [0.3, 0.4) is 0 Å². The number of aryl methyl sites for hydroxylation is 2. The minimum Gasteiger partial charge on any atom is -0.292 e. The summed E-state index contributed by atoms with van der Waals surface area (Å²) < 4.78 is 15.1. The van der Waals surface area contributed by atoms with Crippen LogP contribution in [0.5, 0.6) is 0 Å². The molecule has 5 heteroatoms. The second-order valence-corrected chi connectivity index (χ2v) is 7.46. The smallest absolute Gasteiger partial charge is 0.263 e. The Kier molecular flexibility index (Phi) is 4.17. The highest BCUT2D eigenvalue weighted by molar-refractivity contribution is 7.19. The van der Waals surface area contributed by atoms with Crippen LogP contribution in [-0.2, 0) is 6.54 Å². The van der Waals surface area contributed by atoms with E-state index >= 15 is 0 Å². The summed E-state index contributed by atoms with van der Waals surface area (Å²) in [5.74, 6) is 0.325. The van der Waals surface area contributed by atoms with Crippen molar-refractivity contribution in [1.29, 1.82) is 0 Å². The summed E-state index contributed by atoms with van der Waals surface area (Å²) >= 11 is 1.53. The van der Waals surface area contributed by atoms with Gasteiger partial charge in [-0.05, 0) is 37.1 Å². The molecule has 0 saturated heterocycles. The van der Waals surface area contributed by atoms with Gasteiger partial charge in [0.25, 0.3) is 5.56 Å². The third-order valence-corrected chi connectivity index (χ3v) is 5.47. The van der Waals surface area contributed by atoms with E-state index in [-0.39, 0.29) is 11.4 Å². The summed E-state index contributed by atoms with van der Waals surface area (Å²) in [6.45, 7) is 4.13. The fourth-order valence-corrected chi connectivity index (χ4v) is 4.33. The Morgan fingerprint density at radius 1 is 1.08 bits per heavy atom. The predicted octanol–water partition coefficient (Wildman–Crippen LogP) is 4.93.